The van der Waals surface area contributed by atoms with Crippen molar-refractivity contribution < 1.29 is 22.7 Å². The maximum absolute atomic E-state index is 14.0. The number of aromatic nitrogens is 1. The minimum Gasteiger partial charge on any atom is -0.439 e. The summed E-state index contributed by atoms with van der Waals surface area (Å²) in [6, 6.07) is 11.1. The van der Waals surface area contributed by atoms with Crippen LogP contribution < -0.4 is 10.1 Å². The Morgan fingerprint density at radius 3 is 2.57 bits per heavy atom. The second kappa shape index (κ2) is 8.75. The number of hydrogen-bond donors (Lipinski definition) is 1. The van der Waals surface area contributed by atoms with Gasteiger partial charge in [-0.2, -0.15) is 4.99 Å². The number of rotatable bonds is 4. The third kappa shape index (κ3) is 4.16. The van der Waals surface area contributed by atoms with Crippen LogP contribution in [0.4, 0.5) is 23.7 Å². The molecule has 0 spiro atoms. The molecule has 2 aromatic carbocycles. The molecule has 35 heavy (non-hydrogen) atoms. The summed E-state index contributed by atoms with van der Waals surface area (Å²) in [7, 11) is 1.50. The number of hydrogen-bond acceptors (Lipinski definition) is 6. The van der Waals surface area contributed by atoms with E-state index in [-0.39, 0.29) is 24.0 Å². The SMILES string of the molecule is Cc1ccc(Oc2ccccn2)cc1NC1=NC(=O)N(C)C2=NCC(c3cc(F)c(F)c(F)c3)N12. The van der Waals surface area contributed by atoms with Crippen molar-refractivity contribution in [2.45, 2.75) is 13.0 Å². The van der Waals surface area contributed by atoms with Gasteiger partial charge in [0.25, 0.3) is 0 Å². The number of pyridine rings is 1. The Bertz CT molecular complexity index is 1360. The molecule has 0 fully saturated rings. The van der Waals surface area contributed by atoms with Crippen molar-refractivity contribution in [1.29, 1.82) is 0 Å². The van der Waals surface area contributed by atoms with Crippen molar-refractivity contribution in [3.8, 4) is 11.6 Å². The van der Waals surface area contributed by atoms with Crippen molar-refractivity contribution in [2.75, 3.05) is 18.9 Å². The molecule has 5 rings (SSSR count). The highest BCUT2D eigenvalue weighted by Crippen LogP contribution is 2.33. The normalized spacial score (nSPS) is 17.2. The molecule has 3 aromatic rings. The van der Waals surface area contributed by atoms with Gasteiger partial charge in [0.2, 0.25) is 17.8 Å². The summed E-state index contributed by atoms with van der Waals surface area (Å²) in [5.41, 5.74) is 1.55. The number of amides is 2. The van der Waals surface area contributed by atoms with Crippen LogP contribution in [0, 0.1) is 24.4 Å². The molecule has 0 saturated heterocycles. The van der Waals surface area contributed by atoms with E-state index in [1.54, 1.807) is 41.4 Å². The third-order valence-electron chi connectivity index (χ3n) is 5.66. The molecule has 2 amide bonds. The van der Waals surface area contributed by atoms with Gasteiger partial charge in [0.05, 0.1) is 12.6 Å². The van der Waals surface area contributed by atoms with Gasteiger partial charge in [0.15, 0.2) is 17.5 Å². The number of carbonyl (C=O) groups is 1. The van der Waals surface area contributed by atoms with Gasteiger partial charge in [-0.15, -0.1) is 0 Å². The number of guanidine groups is 2. The second-order valence-corrected chi connectivity index (χ2v) is 7.97. The predicted molar refractivity (Wildman–Crippen MR) is 123 cm³/mol. The van der Waals surface area contributed by atoms with E-state index in [9.17, 15) is 18.0 Å². The lowest BCUT2D eigenvalue weighted by molar-refractivity contribution is 0.230. The number of ether oxygens (including phenoxy) is 1. The molecule has 2 aliphatic rings. The highest BCUT2D eigenvalue weighted by molar-refractivity contribution is 6.17. The zero-order valence-corrected chi connectivity index (χ0v) is 18.7. The van der Waals surface area contributed by atoms with Gasteiger partial charge in [-0.25, -0.2) is 27.9 Å². The first-order valence-electron chi connectivity index (χ1n) is 10.6. The van der Waals surface area contributed by atoms with Gasteiger partial charge < -0.3 is 10.1 Å². The summed E-state index contributed by atoms with van der Waals surface area (Å²) < 4.78 is 47.3. The Balaban J connectivity index is 1.49. The molecule has 0 aliphatic carbocycles. The summed E-state index contributed by atoms with van der Waals surface area (Å²) in [6.45, 7) is 1.94. The van der Waals surface area contributed by atoms with E-state index in [0.29, 0.717) is 17.3 Å². The van der Waals surface area contributed by atoms with Crippen molar-refractivity contribution in [2.24, 2.45) is 9.98 Å². The Hall–Kier alpha value is -4.41. The first kappa shape index (κ1) is 22.4. The van der Waals surface area contributed by atoms with Crippen LogP contribution in [-0.4, -0.2) is 46.3 Å². The number of nitrogens with zero attached hydrogens (tertiary/aromatic N) is 5. The van der Waals surface area contributed by atoms with Crippen LogP contribution in [0.15, 0.2) is 64.7 Å². The van der Waals surface area contributed by atoms with Crippen molar-refractivity contribution in [1.82, 2.24) is 14.8 Å². The topological polar surface area (TPSA) is 82.4 Å². The monoisotopic (exact) mass is 480 g/mol. The van der Waals surface area contributed by atoms with Gasteiger partial charge in [-0.1, -0.05) is 12.1 Å². The minimum atomic E-state index is -1.55. The maximum atomic E-state index is 14.0. The fourth-order valence-electron chi connectivity index (χ4n) is 3.84. The first-order valence-corrected chi connectivity index (χ1v) is 10.6. The van der Waals surface area contributed by atoms with Crippen molar-refractivity contribution >= 4 is 23.6 Å². The van der Waals surface area contributed by atoms with Crippen molar-refractivity contribution in [3.63, 3.8) is 0 Å². The molecule has 1 aromatic heterocycles. The molecule has 2 aliphatic heterocycles. The smallest absolute Gasteiger partial charge is 0.353 e. The average Bonchev–Trinajstić information content (AvgIpc) is 3.29. The van der Waals surface area contributed by atoms with Gasteiger partial charge in [-0.3, -0.25) is 9.80 Å². The number of aliphatic imine (C=N–C) groups is 2. The molecule has 1 atom stereocenters. The van der Waals surface area contributed by atoms with Crippen LogP contribution in [0.25, 0.3) is 0 Å². The standard InChI is InChI=1S/C24H19F3N6O2/c1-13-6-7-15(35-20-5-3-4-8-28-20)11-18(13)30-22-31-24(34)32(2)23-29-12-19(33(22)23)14-9-16(25)21(27)17(26)10-14/h3-11,19H,12H2,1-2H3,(H,30,31,34). The molecule has 0 saturated carbocycles. The van der Waals surface area contributed by atoms with E-state index in [2.05, 4.69) is 20.3 Å². The van der Waals surface area contributed by atoms with E-state index in [0.717, 1.165) is 17.7 Å². The molecule has 0 radical (unpaired) electrons. The van der Waals surface area contributed by atoms with Gasteiger partial charge in [-0.05, 0) is 42.3 Å². The van der Waals surface area contributed by atoms with E-state index in [1.807, 2.05) is 13.0 Å². The zero-order chi connectivity index (χ0) is 24.7. The number of aryl methyl sites for hydroxylation is 1. The number of nitrogens with one attached hydrogen (secondary N) is 1. The number of urea groups is 1. The van der Waals surface area contributed by atoms with Crippen LogP contribution in [0.5, 0.6) is 11.6 Å². The largest absolute Gasteiger partial charge is 0.439 e. The lowest BCUT2D eigenvalue weighted by Gasteiger charge is -2.35. The second-order valence-electron chi connectivity index (χ2n) is 7.97. The molecule has 1 N–H and O–H groups in total. The number of benzene rings is 2. The minimum absolute atomic E-state index is 0.0833. The van der Waals surface area contributed by atoms with Gasteiger partial charge in [0.1, 0.15) is 5.75 Å². The van der Waals surface area contributed by atoms with Crippen LogP contribution in [-0.2, 0) is 0 Å². The van der Waals surface area contributed by atoms with E-state index >= 15 is 0 Å². The fraction of sp³-hybridized carbons (Fsp3) is 0.167. The molecule has 1 unspecified atom stereocenters. The summed E-state index contributed by atoms with van der Waals surface area (Å²) in [5, 5.41) is 3.12. The fourth-order valence-corrected chi connectivity index (χ4v) is 3.84. The van der Waals surface area contributed by atoms with Crippen LogP contribution in [0.2, 0.25) is 0 Å². The van der Waals surface area contributed by atoms with E-state index in [1.165, 1.54) is 11.9 Å². The Labute approximate surface area is 198 Å². The number of halogens is 3. The average molecular weight is 480 g/mol. The quantitative estimate of drug-likeness (QED) is 0.540. The Morgan fingerprint density at radius 2 is 1.86 bits per heavy atom. The summed E-state index contributed by atoms with van der Waals surface area (Å²) in [4.78, 5) is 27.9. The van der Waals surface area contributed by atoms with E-state index in [4.69, 9.17) is 4.74 Å². The molecule has 3 heterocycles. The highest BCUT2D eigenvalue weighted by atomic mass is 19.2. The predicted octanol–water partition coefficient (Wildman–Crippen LogP) is 4.85. The maximum Gasteiger partial charge on any atom is 0.353 e. The van der Waals surface area contributed by atoms with Crippen molar-refractivity contribution in [3.05, 3.63) is 83.3 Å². The first-order chi connectivity index (χ1) is 16.8. The molecule has 0 bridgehead atoms. The lowest BCUT2D eigenvalue weighted by Crippen LogP contribution is -2.53. The van der Waals surface area contributed by atoms with E-state index < -0.39 is 29.5 Å². The summed E-state index contributed by atoms with van der Waals surface area (Å²) in [6.07, 6.45) is 1.61. The van der Waals surface area contributed by atoms with Crippen LogP contribution >= 0.6 is 0 Å². The number of carbonyl (C=O) groups excluding carboxylic acids is 1. The zero-order valence-electron chi connectivity index (χ0n) is 18.7. The number of fused-ring (bicyclic) bond motifs is 1. The molecule has 8 nitrogen and oxygen atoms in total. The van der Waals surface area contributed by atoms with Gasteiger partial charge >= 0.3 is 6.03 Å². The molecular weight excluding hydrogens is 461 g/mol. The highest BCUT2D eigenvalue weighted by Gasteiger charge is 2.41. The number of anilines is 1. The molecule has 178 valence electrons. The summed E-state index contributed by atoms with van der Waals surface area (Å²) in [5.74, 6) is -2.91. The third-order valence-corrected chi connectivity index (χ3v) is 5.66. The molecule has 11 heteroatoms. The Morgan fingerprint density at radius 1 is 1.09 bits per heavy atom. The lowest BCUT2D eigenvalue weighted by atomic mass is 10.1. The Kier molecular flexibility index (Phi) is 5.59. The van der Waals surface area contributed by atoms with Crippen LogP contribution in [0.3, 0.4) is 0 Å². The van der Waals surface area contributed by atoms with Crippen LogP contribution in [0.1, 0.15) is 17.2 Å². The van der Waals surface area contributed by atoms with Gasteiger partial charge in [0, 0.05) is 31.1 Å². The molecular formula is C24H19F3N6O2. The summed E-state index contributed by atoms with van der Waals surface area (Å²) >= 11 is 0.